The van der Waals surface area contributed by atoms with E-state index in [1.807, 2.05) is 0 Å². The van der Waals surface area contributed by atoms with E-state index >= 15 is 0 Å². The highest BCUT2D eigenvalue weighted by molar-refractivity contribution is 5.45. The van der Waals surface area contributed by atoms with Gasteiger partial charge in [0, 0.05) is 25.9 Å². The van der Waals surface area contributed by atoms with Crippen LogP contribution in [0.1, 0.15) is 16.7 Å². The Morgan fingerprint density at radius 2 is 1.67 bits per heavy atom. The fourth-order valence-electron chi connectivity index (χ4n) is 2.29. The van der Waals surface area contributed by atoms with Crippen LogP contribution >= 0.6 is 0 Å². The molecule has 0 aliphatic rings. The van der Waals surface area contributed by atoms with Crippen LogP contribution in [0.3, 0.4) is 0 Å². The molecular weight excluding hydrogens is 260 g/mol. The monoisotopic (exact) mass is 284 g/mol. The zero-order valence-electron chi connectivity index (χ0n) is 13.1. The minimum absolute atomic E-state index is 0.660. The van der Waals surface area contributed by atoms with Crippen LogP contribution in [-0.2, 0) is 24.4 Å². The van der Waals surface area contributed by atoms with E-state index in [0.717, 1.165) is 18.8 Å². The van der Waals surface area contributed by atoms with Crippen LogP contribution in [0.2, 0.25) is 0 Å². The molecule has 0 saturated heterocycles. The fraction of sp³-hybridized carbons (Fsp3) is 0.333. The summed E-state index contributed by atoms with van der Waals surface area (Å²) < 4.78 is 5.17. The predicted molar refractivity (Wildman–Crippen MR) is 88.3 cm³/mol. The summed E-state index contributed by atoms with van der Waals surface area (Å²) in [7, 11) is 5.89. The number of benzene rings is 2. The van der Waals surface area contributed by atoms with E-state index in [2.05, 4.69) is 72.8 Å². The first-order valence-corrected chi connectivity index (χ1v) is 7.21. The van der Waals surface area contributed by atoms with Crippen molar-refractivity contribution in [2.75, 3.05) is 26.5 Å². The predicted octanol–water partition coefficient (Wildman–Crippen LogP) is 3.51. The number of ether oxygens (including phenoxy) is 1. The smallest absolute Gasteiger partial charge is 0.0713 e. The van der Waals surface area contributed by atoms with E-state index in [1.165, 1.54) is 16.7 Å². The van der Waals surface area contributed by atoms with Crippen LogP contribution in [0, 0.1) is 0 Å². The molecular formula is C18H24N2O. The van der Waals surface area contributed by atoms with Gasteiger partial charge in [0.15, 0.2) is 0 Å². The number of rotatable bonds is 7. The number of nitrogens with one attached hydrogen (secondary N) is 1. The molecule has 0 bridgehead atoms. The second-order valence-electron chi connectivity index (χ2n) is 5.54. The van der Waals surface area contributed by atoms with Gasteiger partial charge in [0.25, 0.3) is 0 Å². The molecule has 0 amide bonds. The lowest BCUT2D eigenvalue weighted by molar-refractivity contribution is 0.185. The molecule has 3 nitrogen and oxygen atoms in total. The van der Waals surface area contributed by atoms with E-state index in [-0.39, 0.29) is 0 Å². The van der Waals surface area contributed by atoms with Gasteiger partial charge in [-0.25, -0.2) is 0 Å². The fourth-order valence-corrected chi connectivity index (χ4v) is 2.29. The molecule has 0 aliphatic heterocycles. The lowest BCUT2D eigenvalue weighted by atomic mass is 10.1. The first-order chi connectivity index (χ1) is 10.2. The maximum absolute atomic E-state index is 5.17. The molecule has 2 aromatic carbocycles. The number of nitrogens with zero attached hydrogens (tertiary/aromatic N) is 1. The second-order valence-corrected chi connectivity index (χ2v) is 5.54. The Kier molecular flexibility index (Phi) is 5.78. The summed E-state index contributed by atoms with van der Waals surface area (Å²) >= 11 is 0. The van der Waals surface area contributed by atoms with Crippen LogP contribution in [-0.4, -0.2) is 26.1 Å². The molecule has 0 saturated carbocycles. The van der Waals surface area contributed by atoms with Crippen molar-refractivity contribution in [1.29, 1.82) is 0 Å². The summed E-state index contributed by atoms with van der Waals surface area (Å²) in [5.74, 6) is 0. The molecule has 0 radical (unpaired) electrons. The molecule has 2 rings (SSSR count). The zero-order chi connectivity index (χ0) is 15.1. The van der Waals surface area contributed by atoms with Crippen molar-refractivity contribution in [2.45, 2.75) is 19.7 Å². The first-order valence-electron chi connectivity index (χ1n) is 7.21. The Balaban J connectivity index is 1.91. The number of anilines is 1. The Labute approximate surface area is 127 Å². The van der Waals surface area contributed by atoms with Crippen molar-refractivity contribution in [3.8, 4) is 0 Å². The van der Waals surface area contributed by atoms with Crippen molar-refractivity contribution in [2.24, 2.45) is 0 Å². The summed E-state index contributed by atoms with van der Waals surface area (Å²) in [6, 6.07) is 17.1. The van der Waals surface area contributed by atoms with E-state index < -0.39 is 0 Å². The molecule has 2 aromatic rings. The van der Waals surface area contributed by atoms with E-state index in [0.29, 0.717) is 6.61 Å². The quantitative estimate of drug-likeness (QED) is 0.842. The summed E-state index contributed by atoms with van der Waals surface area (Å²) in [6.45, 7) is 2.46. The van der Waals surface area contributed by atoms with Gasteiger partial charge in [-0.2, -0.15) is 0 Å². The minimum Gasteiger partial charge on any atom is -0.381 e. The van der Waals surface area contributed by atoms with Gasteiger partial charge >= 0.3 is 0 Å². The third-order valence-electron chi connectivity index (χ3n) is 3.25. The molecule has 1 N–H and O–H groups in total. The van der Waals surface area contributed by atoms with Crippen molar-refractivity contribution in [3.05, 3.63) is 65.2 Å². The molecule has 0 heterocycles. The van der Waals surface area contributed by atoms with Crippen molar-refractivity contribution in [3.63, 3.8) is 0 Å². The lowest BCUT2D eigenvalue weighted by Gasteiger charge is -2.11. The van der Waals surface area contributed by atoms with Crippen molar-refractivity contribution in [1.82, 2.24) is 4.90 Å². The third-order valence-corrected chi connectivity index (χ3v) is 3.25. The maximum atomic E-state index is 5.17. The Hall–Kier alpha value is -1.84. The average Bonchev–Trinajstić information content (AvgIpc) is 2.47. The lowest BCUT2D eigenvalue weighted by Crippen LogP contribution is -2.10. The van der Waals surface area contributed by atoms with Crippen LogP contribution in [0.5, 0.6) is 0 Å². The van der Waals surface area contributed by atoms with E-state index in [4.69, 9.17) is 4.74 Å². The van der Waals surface area contributed by atoms with Crippen LogP contribution in [0.4, 0.5) is 5.69 Å². The molecule has 0 atom stereocenters. The van der Waals surface area contributed by atoms with Gasteiger partial charge in [-0.3, -0.25) is 0 Å². The highest BCUT2D eigenvalue weighted by Gasteiger charge is 1.98. The number of hydrogen-bond donors (Lipinski definition) is 1. The summed E-state index contributed by atoms with van der Waals surface area (Å²) in [6.07, 6.45) is 0. The molecule has 0 spiro atoms. The van der Waals surface area contributed by atoms with Gasteiger partial charge < -0.3 is 15.0 Å². The van der Waals surface area contributed by atoms with Crippen LogP contribution in [0.25, 0.3) is 0 Å². The van der Waals surface area contributed by atoms with Gasteiger partial charge in [0.05, 0.1) is 6.61 Å². The molecule has 0 aliphatic carbocycles. The molecule has 0 fully saturated rings. The minimum atomic E-state index is 0.660. The Morgan fingerprint density at radius 3 is 2.33 bits per heavy atom. The van der Waals surface area contributed by atoms with Gasteiger partial charge in [-0.15, -0.1) is 0 Å². The molecule has 21 heavy (non-hydrogen) atoms. The molecule has 3 heteroatoms. The zero-order valence-corrected chi connectivity index (χ0v) is 13.1. The van der Waals surface area contributed by atoms with Crippen LogP contribution in [0.15, 0.2) is 48.5 Å². The Morgan fingerprint density at radius 1 is 0.952 bits per heavy atom. The first kappa shape index (κ1) is 15.5. The highest BCUT2D eigenvalue weighted by atomic mass is 16.5. The highest BCUT2D eigenvalue weighted by Crippen LogP contribution is 2.13. The molecule has 0 aromatic heterocycles. The van der Waals surface area contributed by atoms with Crippen molar-refractivity contribution < 1.29 is 4.74 Å². The Bertz CT molecular complexity index is 549. The van der Waals surface area contributed by atoms with E-state index in [9.17, 15) is 0 Å². The van der Waals surface area contributed by atoms with Gasteiger partial charge in [-0.1, -0.05) is 36.4 Å². The second kappa shape index (κ2) is 7.81. The van der Waals surface area contributed by atoms with Gasteiger partial charge in [-0.05, 0) is 42.9 Å². The summed E-state index contributed by atoms with van der Waals surface area (Å²) in [4.78, 5) is 2.17. The van der Waals surface area contributed by atoms with Gasteiger partial charge in [0.1, 0.15) is 0 Å². The number of hydrogen-bond acceptors (Lipinski definition) is 3. The molecule has 112 valence electrons. The topological polar surface area (TPSA) is 24.5 Å². The normalized spacial score (nSPS) is 10.9. The molecule has 0 unspecified atom stereocenters. The van der Waals surface area contributed by atoms with Crippen LogP contribution < -0.4 is 5.32 Å². The van der Waals surface area contributed by atoms with Crippen molar-refractivity contribution >= 4 is 5.69 Å². The third kappa shape index (κ3) is 5.21. The average molecular weight is 284 g/mol. The maximum Gasteiger partial charge on any atom is 0.0713 e. The number of methoxy groups -OCH3 is 1. The largest absolute Gasteiger partial charge is 0.381 e. The standard InChI is InChI=1S/C18H24N2O/c1-20(2)13-15-7-9-18(10-8-15)19-12-16-5-4-6-17(11-16)14-21-3/h4-11,19H,12-14H2,1-3H3. The van der Waals surface area contributed by atoms with Gasteiger partial charge in [0.2, 0.25) is 0 Å². The summed E-state index contributed by atoms with van der Waals surface area (Å²) in [5, 5.41) is 3.46. The summed E-state index contributed by atoms with van der Waals surface area (Å²) in [5.41, 5.74) is 4.95. The SMILES string of the molecule is COCc1cccc(CNc2ccc(CN(C)C)cc2)c1. The van der Waals surface area contributed by atoms with E-state index in [1.54, 1.807) is 7.11 Å².